The van der Waals surface area contributed by atoms with E-state index in [9.17, 15) is 9.59 Å². The molecule has 0 spiro atoms. The highest BCUT2D eigenvalue weighted by Gasteiger charge is 2.51. The van der Waals surface area contributed by atoms with Gasteiger partial charge < -0.3 is 13.9 Å². The Labute approximate surface area is 208 Å². The molecule has 2 aromatic heterocycles. The van der Waals surface area contributed by atoms with Crippen molar-refractivity contribution in [3.05, 3.63) is 16.7 Å². The zero-order valence-electron chi connectivity index (χ0n) is 20.4. The first-order chi connectivity index (χ1) is 15.3. The summed E-state index contributed by atoms with van der Waals surface area (Å²) in [6.07, 6.45) is 0.0338. The van der Waals surface area contributed by atoms with Crippen LogP contribution in [0.15, 0.2) is 11.1 Å². The van der Waals surface area contributed by atoms with Crippen molar-refractivity contribution in [2.75, 3.05) is 16.9 Å². The molecule has 2 N–H and O–H groups in total. The summed E-state index contributed by atoms with van der Waals surface area (Å²) < 4.78 is 21.4. The van der Waals surface area contributed by atoms with E-state index in [0.717, 1.165) is 0 Å². The Bertz CT molecular complexity index is 1060. The van der Waals surface area contributed by atoms with Crippen molar-refractivity contribution >= 4 is 53.9 Å². The number of hydrogen-bond acceptors (Lipinski definition) is 7. The van der Waals surface area contributed by atoms with Crippen molar-refractivity contribution < 1.29 is 18.7 Å². The summed E-state index contributed by atoms with van der Waals surface area (Å²) in [5.41, 5.74) is 0.0325. The van der Waals surface area contributed by atoms with Gasteiger partial charge in [0.1, 0.15) is 12.2 Å². The molecule has 3 rings (SSSR count). The number of anilines is 1. The first-order valence-corrected chi connectivity index (χ1v) is 15.4. The van der Waals surface area contributed by atoms with Gasteiger partial charge in [0.05, 0.1) is 12.4 Å². The third kappa shape index (κ3) is 5.18. The lowest BCUT2D eigenvalue weighted by Gasteiger charge is -2.40. The van der Waals surface area contributed by atoms with Crippen molar-refractivity contribution in [2.24, 2.45) is 5.92 Å². The SMILES string of the molecule is COC1[C@@H](O[Si](C)(C)C(C)(C)C)[C@@H](CI)O[C@H]1n1cnc2c(=O)[nH]c(NC(=O)C(C)C)nc21. The zero-order chi connectivity index (χ0) is 24.7. The molecule has 1 unspecified atom stereocenters. The summed E-state index contributed by atoms with van der Waals surface area (Å²) in [5, 5.41) is 2.67. The summed E-state index contributed by atoms with van der Waals surface area (Å²) in [6, 6.07) is 0. The number of carbonyl (C=O) groups excluding carboxylic acids is 1. The van der Waals surface area contributed by atoms with Gasteiger partial charge in [-0.3, -0.25) is 24.5 Å². The van der Waals surface area contributed by atoms with Crippen LogP contribution in [0.5, 0.6) is 0 Å². The molecule has 0 radical (unpaired) electrons. The number of nitrogens with one attached hydrogen (secondary N) is 2. The van der Waals surface area contributed by atoms with E-state index in [2.05, 4.69) is 76.7 Å². The number of aromatic amines is 1. The highest BCUT2D eigenvalue weighted by molar-refractivity contribution is 14.1. The Morgan fingerprint density at radius 3 is 2.58 bits per heavy atom. The van der Waals surface area contributed by atoms with E-state index in [1.807, 2.05) is 0 Å². The largest absolute Gasteiger partial charge is 0.408 e. The monoisotopic (exact) mass is 591 g/mol. The standard InChI is InChI=1S/C21H34IN5O5Si/c1-11(2)17(28)25-20-24-16-13(18(29)26-20)23-10-27(16)19-15(30-6)14(12(9-22)31-19)32-33(7,8)21(3,4)5/h10-12,14-15,19H,9H2,1-8H3,(H2,24,25,26,28,29)/t12-,14+,15?,19-/m1/s1. The maximum Gasteiger partial charge on any atom is 0.280 e. The predicted molar refractivity (Wildman–Crippen MR) is 137 cm³/mol. The van der Waals surface area contributed by atoms with Crippen LogP contribution in [0.3, 0.4) is 0 Å². The number of fused-ring (bicyclic) bond motifs is 1. The van der Waals surface area contributed by atoms with E-state index >= 15 is 0 Å². The number of nitrogens with zero attached hydrogens (tertiary/aromatic N) is 3. The van der Waals surface area contributed by atoms with Gasteiger partial charge in [-0.25, -0.2) is 4.98 Å². The number of aromatic nitrogens is 4. The quantitative estimate of drug-likeness (QED) is 0.288. The van der Waals surface area contributed by atoms with Gasteiger partial charge in [-0.05, 0) is 18.1 Å². The van der Waals surface area contributed by atoms with Gasteiger partial charge in [-0.15, -0.1) is 0 Å². The number of hydrogen-bond donors (Lipinski definition) is 2. The van der Waals surface area contributed by atoms with Crippen LogP contribution in [0, 0.1) is 5.92 Å². The molecule has 1 aliphatic rings. The Morgan fingerprint density at radius 1 is 1.36 bits per heavy atom. The third-order valence-corrected chi connectivity index (χ3v) is 11.8. The Morgan fingerprint density at radius 2 is 2.03 bits per heavy atom. The Hall–Kier alpha value is -1.35. The first kappa shape index (κ1) is 26.3. The fourth-order valence-electron chi connectivity index (χ4n) is 3.40. The normalized spacial score (nSPS) is 24.1. The fraction of sp³-hybridized carbons (Fsp3) is 0.714. The highest BCUT2D eigenvalue weighted by Crippen LogP contribution is 2.42. The maximum absolute atomic E-state index is 12.6. The average molecular weight is 592 g/mol. The second-order valence-electron chi connectivity index (χ2n) is 10.1. The smallest absolute Gasteiger partial charge is 0.280 e. The molecule has 3 heterocycles. The number of amides is 1. The summed E-state index contributed by atoms with van der Waals surface area (Å²) in [7, 11) is -0.476. The molecule has 1 amide bonds. The fourth-order valence-corrected chi connectivity index (χ4v) is 5.43. The molecular weight excluding hydrogens is 557 g/mol. The van der Waals surface area contributed by atoms with Gasteiger partial charge in [0.2, 0.25) is 11.9 Å². The molecule has 4 atom stereocenters. The molecule has 33 heavy (non-hydrogen) atoms. The van der Waals surface area contributed by atoms with Crippen LogP contribution in [0.2, 0.25) is 18.1 Å². The minimum atomic E-state index is -2.11. The number of alkyl halides is 1. The van der Waals surface area contributed by atoms with Crippen LogP contribution in [0.25, 0.3) is 11.2 Å². The van der Waals surface area contributed by atoms with Gasteiger partial charge in [-0.2, -0.15) is 4.98 Å². The van der Waals surface area contributed by atoms with Gasteiger partial charge in [0.25, 0.3) is 5.56 Å². The summed E-state index contributed by atoms with van der Waals surface area (Å²) in [6.45, 7) is 14.5. The third-order valence-electron chi connectivity index (χ3n) is 6.42. The van der Waals surface area contributed by atoms with E-state index < -0.39 is 26.2 Å². The number of carbonyl (C=O) groups is 1. The highest BCUT2D eigenvalue weighted by atomic mass is 127. The van der Waals surface area contributed by atoms with Gasteiger partial charge in [0.15, 0.2) is 25.7 Å². The van der Waals surface area contributed by atoms with Gasteiger partial charge >= 0.3 is 0 Å². The first-order valence-electron chi connectivity index (χ1n) is 11.0. The summed E-state index contributed by atoms with van der Waals surface area (Å²) >= 11 is 2.29. The number of rotatable bonds is 7. The van der Waals surface area contributed by atoms with E-state index in [1.165, 1.54) is 6.33 Å². The Kier molecular flexibility index (Phi) is 7.73. The van der Waals surface area contributed by atoms with Crippen molar-refractivity contribution in [3.63, 3.8) is 0 Å². The van der Waals surface area contributed by atoms with E-state index in [0.29, 0.717) is 10.1 Å². The molecule has 0 aliphatic carbocycles. The molecule has 2 aromatic rings. The van der Waals surface area contributed by atoms with Crippen LogP contribution in [-0.4, -0.2) is 63.6 Å². The summed E-state index contributed by atoms with van der Waals surface area (Å²) in [4.78, 5) is 36.0. The number of imidazole rings is 1. The van der Waals surface area contributed by atoms with E-state index in [1.54, 1.807) is 25.5 Å². The van der Waals surface area contributed by atoms with Crippen LogP contribution in [0.4, 0.5) is 5.95 Å². The number of halogens is 1. The summed E-state index contributed by atoms with van der Waals surface area (Å²) in [5.74, 6) is -0.438. The van der Waals surface area contributed by atoms with Crippen molar-refractivity contribution in [1.29, 1.82) is 0 Å². The van der Waals surface area contributed by atoms with Crippen molar-refractivity contribution in [1.82, 2.24) is 19.5 Å². The molecule has 0 aromatic carbocycles. The molecule has 184 valence electrons. The predicted octanol–water partition coefficient (Wildman–Crippen LogP) is 3.45. The van der Waals surface area contributed by atoms with Gasteiger partial charge in [-0.1, -0.05) is 57.2 Å². The number of methoxy groups -OCH3 is 1. The molecule has 0 bridgehead atoms. The lowest BCUT2D eigenvalue weighted by atomic mass is 10.1. The molecule has 1 aliphatic heterocycles. The minimum Gasteiger partial charge on any atom is -0.408 e. The average Bonchev–Trinajstić information content (AvgIpc) is 3.27. The van der Waals surface area contributed by atoms with E-state index in [-0.39, 0.29) is 40.5 Å². The van der Waals surface area contributed by atoms with E-state index in [4.69, 9.17) is 13.9 Å². The second kappa shape index (κ2) is 9.72. The second-order valence-corrected chi connectivity index (χ2v) is 15.8. The topological polar surface area (TPSA) is 120 Å². The molecule has 0 saturated carbocycles. The van der Waals surface area contributed by atoms with Crippen molar-refractivity contribution in [2.45, 2.75) is 77.3 Å². The van der Waals surface area contributed by atoms with Gasteiger partial charge in [0, 0.05) is 17.5 Å². The minimum absolute atomic E-state index is 0.0271. The zero-order valence-corrected chi connectivity index (χ0v) is 23.6. The molecular formula is C21H34IN5O5Si. The van der Waals surface area contributed by atoms with Crippen LogP contribution in [0.1, 0.15) is 40.8 Å². The molecule has 1 saturated heterocycles. The van der Waals surface area contributed by atoms with Crippen LogP contribution >= 0.6 is 22.6 Å². The molecule has 12 heteroatoms. The van der Waals surface area contributed by atoms with Crippen molar-refractivity contribution in [3.8, 4) is 0 Å². The maximum atomic E-state index is 12.6. The molecule has 10 nitrogen and oxygen atoms in total. The lowest BCUT2D eigenvalue weighted by Crippen LogP contribution is -2.49. The number of ether oxygens (including phenoxy) is 2. The number of H-pyrrole nitrogens is 1. The lowest BCUT2D eigenvalue weighted by molar-refractivity contribution is -0.118. The molecule has 1 fully saturated rings. The Balaban J connectivity index is 2.01. The van der Waals surface area contributed by atoms with Crippen LogP contribution < -0.4 is 10.9 Å². The van der Waals surface area contributed by atoms with Crippen LogP contribution in [-0.2, 0) is 18.7 Å².